The lowest BCUT2D eigenvalue weighted by molar-refractivity contribution is 0.202. The van der Waals surface area contributed by atoms with Gasteiger partial charge in [0.05, 0.1) is 11.2 Å². The van der Waals surface area contributed by atoms with Crippen LogP contribution in [0.4, 0.5) is 0 Å². The van der Waals surface area contributed by atoms with E-state index in [1.807, 2.05) is 16.8 Å². The molecule has 1 aliphatic carbocycles. The Kier molecular flexibility index (Phi) is 4.51. The van der Waals surface area contributed by atoms with Crippen molar-refractivity contribution in [3.05, 3.63) is 16.1 Å². The highest BCUT2D eigenvalue weighted by Gasteiger charge is 2.30. The van der Waals surface area contributed by atoms with Crippen molar-refractivity contribution in [1.29, 1.82) is 0 Å². The second kappa shape index (κ2) is 6.33. The van der Waals surface area contributed by atoms with Gasteiger partial charge in [-0.25, -0.2) is 4.98 Å². The fourth-order valence-electron chi connectivity index (χ4n) is 3.09. The third-order valence-electron chi connectivity index (χ3n) is 4.43. The maximum absolute atomic E-state index is 4.36. The summed E-state index contributed by atoms with van der Waals surface area (Å²) in [6.45, 7) is 7.11. The minimum Gasteiger partial charge on any atom is -0.316 e. The highest BCUT2D eigenvalue weighted by atomic mass is 32.1. The zero-order chi connectivity index (χ0) is 13.1. The number of hydrogen-bond acceptors (Lipinski definition) is 4. The number of hydrogen-bond donors (Lipinski definition) is 1. The summed E-state index contributed by atoms with van der Waals surface area (Å²) in [5, 5.41) is 3.54. The van der Waals surface area contributed by atoms with Gasteiger partial charge in [-0.15, -0.1) is 11.3 Å². The molecule has 1 aliphatic heterocycles. The number of thiazole rings is 1. The lowest BCUT2D eigenvalue weighted by Crippen LogP contribution is -2.40. The Morgan fingerprint density at radius 1 is 1.42 bits per heavy atom. The number of piperidine rings is 1. The maximum Gasteiger partial charge on any atom is 0.0797 e. The highest BCUT2D eigenvalue weighted by Crippen LogP contribution is 2.29. The molecule has 0 amide bonds. The quantitative estimate of drug-likeness (QED) is 0.867. The van der Waals surface area contributed by atoms with E-state index < -0.39 is 0 Å². The Hall–Kier alpha value is -0.450. The largest absolute Gasteiger partial charge is 0.316 e. The first-order valence-electron chi connectivity index (χ1n) is 7.66. The molecule has 0 bridgehead atoms. The van der Waals surface area contributed by atoms with E-state index >= 15 is 0 Å². The van der Waals surface area contributed by atoms with Crippen LogP contribution in [-0.4, -0.2) is 42.1 Å². The fourth-order valence-corrected chi connectivity index (χ4v) is 3.86. The lowest BCUT2D eigenvalue weighted by Gasteiger charge is -2.30. The zero-order valence-corrected chi connectivity index (χ0v) is 12.7. The first kappa shape index (κ1) is 13.5. The maximum atomic E-state index is 4.36. The molecule has 3 nitrogen and oxygen atoms in total. The Labute approximate surface area is 120 Å². The first-order chi connectivity index (χ1) is 9.33. The van der Waals surface area contributed by atoms with Crippen LogP contribution in [0.3, 0.4) is 0 Å². The molecule has 4 heteroatoms. The van der Waals surface area contributed by atoms with E-state index in [2.05, 4.69) is 22.1 Å². The van der Waals surface area contributed by atoms with Crippen molar-refractivity contribution in [2.24, 2.45) is 5.92 Å². The molecule has 2 fully saturated rings. The molecule has 3 rings (SSSR count). The van der Waals surface area contributed by atoms with E-state index in [0.717, 1.165) is 12.0 Å². The molecule has 1 N–H and O–H groups in total. The van der Waals surface area contributed by atoms with E-state index in [4.69, 9.17) is 0 Å². The second-order valence-electron chi connectivity index (χ2n) is 6.05. The zero-order valence-electron chi connectivity index (χ0n) is 11.9. The minimum absolute atomic E-state index is 0.872. The van der Waals surface area contributed by atoms with Crippen molar-refractivity contribution in [3.63, 3.8) is 0 Å². The Balaban J connectivity index is 1.51. The predicted octanol–water partition coefficient (Wildman–Crippen LogP) is 2.46. The summed E-state index contributed by atoms with van der Waals surface area (Å²) in [7, 11) is 0. The van der Waals surface area contributed by atoms with E-state index in [-0.39, 0.29) is 0 Å². The van der Waals surface area contributed by atoms with Crippen LogP contribution in [0, 0.1) is 12.8 Å². The monoisotopic (exact) mass is 279 g/mol. The van der Waals surface area contributed by atoms with Crippen LogP contribution in [0.5, 0.6) is 0 Å². The van der Waals surface area contributed by atoms with Gasteiger partial charge in [-0.05, 0) is 58.0 Å². The van der Waals surface area contributed by atoms with E-state index in [1.165, 1.54) is 68.9 Å². The van der Waals surface area contributed by atoms with Crippen molar-refractivity contribution < 1.29 is 0 Å². The van der Waals surface area contributed by atoms with Crippen molar-refractivity contribution >= 4 is 11.3 Å². The Morgan fingerprint density at radius 3 is 2.95 bits per heavy atom. The number of nitrogens with zero attached hydrogens (tertiary/aromatic N) is 2. The third kappa shape index (κ3) is 3.77. The van der Waals surface area contributed by atoms with Crippen molar-refractivity contribution in [1.82, 2.24) is 15.2 Å². The average Bonchev–Trinajstić information content (AvgIpc) is 3.20. The lowest BCUT2D eigenvalue weighted by atomic mass is 9.99. The molecule has 0 aromatic carbocycles. The van der Waals surface area contributed by atoms with Gasteiger partial charge in [0.2, 0.25) is 0 Å². The molecule has 1 saturated carbocycles. The average molecular weight is 279 g/mol. The molecular weight excluding hydrogens is 254 g/mol. The second-order valence-corrected chi connectivity index (χ2v) is 6.99. The SMILES string of the molecule is Cc1ncsc1CCN(CC1CCCNC1)C1CC1. The summed E-state index contributed by atoms with van der Waals surface area (Å²) < 4.78 is 0. The normalized spacial score (nSPS) is 24.0. The molecule has 1 aromatic rings. The first-order valence-corrected chi connectivity index (χ1v) is 8.54. The van der Waals surface area contributed by atoms with Crippen LogP contribution in [0.25, 0.3) is 0 Å². The summed E-state index contributed by atoms with van der Waals surface area (Å²) >= 11 is 1.82. The van der Waals surface area contributed by atoms with Crippen molar-refractivity contribution in [3.8, 4) is 0 Å². The molecule has 1 aromatic heterocycles. The molecule has 2 aliphatic rings. The Bertz CT molecular complexity index is 394. The highest BCUT2D eigenvalue weighted by molar-refractivity contribution is 7.09. The summed E-state index contributed by atoms with van der Waals surface area (Å²) in [4.78, 5) is 8.59. The summed E-state index contributed by atoms with van der Waals surface area (Å²) in [5.74, 6) is 0.872. The molecular formula is C15H25N3S. The van der Waals surface area contributed by atoms with Gasteiger partial charge in [-0.2, -0.15) is 0 Å². The molecule has 0 radical (unpaired) electrons. The molecule has 1 saturated heterocycles. The van der Waals surface area contributed by atoms with E-state index in [9.17, 15) is 0 Å². The van der Waals surface area contributed by atoms with Crippen molar-refractivity contribution in [2.75, 3.05) is 26.2 Å². The van der Waals surface area contributed by atoms with Gasteiger partial charge in [0.15, 0.2) is 0 Å². The number of nitrogens with one attached hydrogen (secondary N) is 1. The van der Waals surface area contributed by atoms with Crippen LogP contribution in [-0.2, 0) is 6.42 Å². The third-order valence-corrected chi connectivity index (χ3v) is 5.42. The number of aromatic nitrogens is 1. The van der Waals surface area contributed by atoms with Gasteiger partial charge in [-0.1, -0.05) is 0 Å². The van der Waals surface area contributed by atoms with Gasteiger partial charge in [0.25, 0.3) is 0 Å². The van der Waals surface area contributed by atoms with Gasteiger partial charge in [0, 0.05) is 24.0 Å². The van der Waals surface area contributed by atoms with Crippen molar-refractivity contribution in [2.45, 2.75) is 45.1 Å². The fraction of sp³-hybridized carbons (Fsp3) is 0.800. The summed E-state index contributed by atoms with van der Waals surface area (Å²) in [5.41, 5.74) is 3.22. The summed E-state index contributed by atoms with van der Waals surface area (Å²) in [6.07, 6.45) is 6.80. The van der Waals surface area contributed by atoms with Crippen LogP contribution >= 0.6 is 11.3 Å². The number of rotatable bonds is 6. The summed E-state index contributed by atoms with van der Waals surface area (Å²) in [6, 6.07) is 0.884. The molecule has 1 atom stereocenters. The Morgan fingerprint density at radius 2 is 2.32 bits per heavy atom. The van der Waals surface area contributed by atoms with Crippen LogP contribution in [0.1, 0.15) is 36.3 Å². The molecule has 106 valence electrons. The molecule has 0 spiro atoms. The minimum atomic E-state index is 0.872. The van der Waals surface area contributed by atoms with Gasteiger partial charge >= 0.3 is 0 Å². The van der Waals surface area contributed by atoms with Crippen LogP contribution in [0.15, 0.2) is 5.51 Å². The molecule has 2 heterocycles. The van der Waals surface area contributed by atoms with E-state index in [1.54, 1.807) is 0 Å². The van der Waals surface area contributed by atoms with Gasteiger partial charge in [0.1, 0.15) is 0 Å². The van der Waals surface area contributed by atoms with E-state index in [0.29, 0.717) is 0 Å². The standard InChI is InChI=1S/C15H25N3S/c1-12-15(19-11-17-12)6-8-18(14-4-5-14)10-13-3-2-7-16-9-13/h11,13-14,16H,2-10H2,1H3. The molecule has 19 heavy (non-hydrogen) atoms. The van der Waals surface area contributed by atoms with Gasteiger partial charge in [-0.3, -0.25) is 4.90 Å². The number of aryl methyl sites for hydroxylation is 1. The van der Waals surface area contributed by atoms with Gasteiger partial charge < -0.3 is 5.32 Å². The molecule has 1 unspecified atom stereocenters. The van der Waals surface area contributed by atoms with Crippen LogP contribution < -0.4 is 5.32 Å². The smallest absolute Gasteiger partial charge is 0.0797 e. The van der Waals surface area contributed by atoms with Crippen LogP contribution in [0.2, 0.25) is 0 Å². The predicted molar refractivity (Wildman–Crippen MR) is 80.7 cm³/mol. The topological polar surface area (TPSA) is 28.2 Å².